The van der Waals surface area contributed by atoms with Crippen molar-refractivity contribution >= 4 is 54.7 Å². The van der Waals surface area contributed by atoms with E-state index in [0.717, 1.165) is 10.9 Å². The number of amides is 1. The zero-order valence-electron chi connectivity index (χ0n) is 7.37. The molecule has 0 fully saturated rings. The van der Waals surface area contributed by atoms with Gasteiger partial charge in [-0.2, -0.15) is 0 Å². The van der Waals surface area contributed by atoms with Crippen LogP contribution in [0, 0.1) is 0 Å². The lowest BCUT2D eigenvalue weighted by Crippen LogP contribution is -2.00. The summed E-state index contributed by atoms with van der Waals surface area (Å²) in [5, 5.41) is 3.76. The predicted molar refractivity (Wildman–Crippen MR) is 67.6 cm³/mol. The van der Waals surface area contributed by atoms with E-state index in [1.807, 2.05) is 0 Å². The first-order chi connectivity index (χ1) is 7.16. The Kier molecular flexibility index (Phi) is 3.01. The van der Waals surface area contributed by atoms with Crippen molar-refractivity contribution in [3.05, 3.63) is 29.7 Å². The van der Waals surface area contributed by atoms with Gasteiger partial charge in [0.25, 0.3) is 3.91 Å². The van der Waals surface area contributed by atoms with Crippen molar-refractivity contribution in [3.63, 3.8) is 0 Å². The zero-order chi connectivity index (χ0) is 10.8. The first-order valence-corrected chi connectivity index (χ1v) is 5.49. The molecule has 0 aliphatic rings. The molecular formula is C9H5ClIN3O. The molecule has 0 saturated carbocycles. The number of benzene rings is 1. The number of aromatic nitrogens is 2. The van der Waals surface area contributed by atoms with Crippen LogP contribution in [-0.2, 0) is 0 Å². The number of hydrogen-bond acceptors (Lipinski definition) is 3. The number of halogens is 2. The summed E-state index contributed by atoms with van der Waals surface area (Å²) in [7, 11) is 0. The Labute approximate surface area is 104 Å². The number of rotatable bonds is 1. The molecule has 0 spiro atoms. The third kappa shape index (κ3) is 2.35. The molecule has 1 aromatic heterocycles. The first kappa shape index (κ1) is 10.6. The molecule has 0 bridgehead atoms. The third-order valence-electron chi connectivity index (χ3n) is 1.83. The average Bonchev–Trinajstić information content (AvgIpc) is 2.18. The lowest BCUT2D eigenvalue weighted by atomic mass is 10.2. The molecule has 15 heavy (non-hydrogen) atoms. The van der Waals surface area contributed by atoms with Crippen molar-refractivity contribution in [2.24, 2.45) is 0 Å². The molecule has 1 N–H and O–H groups in total. The molecule has 0 radical (unpaired) electrons. The van der Waals surface area contributed by atoms with Crippen molar-refractivity contribution in [2.45, 2.75) is 0 Å². The molecule has 1 amide bonds. The lowest BCUT2D eigenvalue weighted by Gasteiger charge is -2.03. The second kappa shape index (κ2) is 4.28. The maximum absolute atomic E-state index is 10.8. The molecule has 4 nitrogen and oxygen atoms in total. The standard InChI is InChI=1S/C9H5ClIN3O/c10-8-6-3-5(14-9(11)15)1-2-7(6)12-4-13-8/h1-4H,(H,14,15). The number of carbonyl (C=O) groups is 1. The molecule has 2 aromatic rings. The molecule has 1 aromatic carbocycles. The van der Waals surface area contributed by atoms with Gasteiger partial charge < -0.3 is 5.32 Å². The van der Waals surface area contributed by atoms with Crippen LogP contribution in [0.5, 0.6) is 0 Å². The topological polar surface area (TPSA) is 54.9 Å². The second-order valence-corrected chi connectivity index (χ2v) is 4.13. The number of fused-ring (bicyclic) bond motifs is 1. The van der Waals surface area contributed by atoms with Gasteiger partial charge in [0.1, 0.15) is 11.5 Å². The summed E-state index contributed by atoms with van der Waals surface area (Å²) in [6.45, 7) is 0. The van der Waals surface area contributed by atoms with Crippen LogP contribution in [0.1, 0.15) is 0 Å². The van der Waals surface area contributed by atoms with Gasteiger partial charge >= 0.3 is 0 Å². The lowest BCUT2D eigenvalue weighted by molar-refractivity contribution is 0.272. The van der Waals surface area contributed by atoms with E-state index in [1.54, 1.807) is 40.8 Å². The molecule has 1 heterocycles. The predicted octanol–water partition coefficient (Wildman–Crippen LogP) is 3.25. The van der Waals surface area contributed by atoms with E-state index in [1.165, 1.54) is 6.33 Å². The third-order valence-corrected chi connectivity index (χ3v) is 2.40. The number of nitrogens with zero attached hydrogens (tertiary/aromatic N) is 2. The molecule has 0 unspecified atom stereocenters. The highest BCUT2D eigenvalue weighted by molar-refractivity contribution is 14.1. The minimum atomic E-state index is -0.153. The van der Waals surface area contributed by atoms with Crippen molar-refractivity contribution in [1.82, 2.24) is 9.97 Å². The van der Waals surface area contributed by atoms with E-state index in [0.29, 0.717) is 10.8 Å². The van der Waals surface area contributed by atoms with E-state index < -0.39 is 0 Å². The highest BCUT2D eigenvalue weighted by atomic mass is 127. The van der Waals surface area contributed by atoms with Crippen LogP contribution in [0.3, 0.4) is 0 Å². The Bertz CT molecular complexity index is 532. The van der Waals surface area contributed by atoms with Gasteiger partial charge in [-0.05, 0) is 18.2 Å². The Morgan fingerprint density at radius 1 is 1.40 bits per heavy atom. The van der Waals surface area contributed by atoms with Crippen LogP contribution >= 0.6 is 34.2 Å². The Morgan fingerprint density at radius 3 is 2.93 bits per heavy atom. The van der Waals surface area contributed by atoms with Crippen molar-refractivity contribution in [2.75, 3.05) is 5.32 Å². The average molecular weight is 334 g/mol. The van der Waals surface area contributed by atoms with Crippen molar-refractivity contribution in [3.8, 4) is 0 Å². The fourth-order valence-corrected chi connectivity index (χ4v) is 1.72. The van der Waals surface area contributed by atoms with Gasteiger partial charge in [-0.25, -0.2) is 9.97 Å². The monoisotopic (exact) mass is 333 g/mol. The van der Waals surface area contributed by atoms with Crippen molar-refractivity contribution in [1.29, 1.82) is 0 Å². The van der Waals surface area contributed by atoms with Gasteiger partial charge in [0.05, 0.1) is 5.52 Å². The quantitative estimate of drug-likeness (QED) is 0.377. The molecule has 0 atom stereocenters. The largest absolute Gasteiger partial charge is 0.317 e. The SMILES string of the molecule is O=C(I)Nc1ccc2ncnc(Cl)c2c1. The molecular weight excluding hydrogens is 328 g/mol. The maximum atomic E-state index is 10.8. The number of nitrogens with one attached hydrogen (secondary N) is 1. The fraction of sp³-hybridized carbons (Fsp3) is 0. The minimum absolute atomic E-state index is 0.153. The van der Waals surface area contributed by atoms with Gasteiger partial charge in [-0.1, -0.05) is 11.6 Å². The zero-order valence-corrected chi connectivity index (χ0v) is 10.3. The molecule has 0 aliphatic carbocycles. The maximum Gasteiger partial charge on any atom is 0.284 e. The summed E-state index contributed by atoms with van der Waals surface area (Å²) < 4.78 is -0.153. The van der Waals surface area contributed by atoms with E-state index in [2.05, 4.69) is 15.3 Å². The van der Waals surface area contributed by atoms with Gasteiger partial charge in [0, 0.05) is 33.7 Å². The highest BCUT2D eigenvalue weighted by Crippen LogP contribution is 2.22. The molecule has 76 valence electrons. The highest BCUT2D eigenvalue weighted by Gasteiger charge is 2.03. The van der Waals surface area contributed by atoms with E-state index >= 15 is 0 Å². The van der Waals surface area contributed by atoms with Gasteiger partial charge in [-0.15, -0.1) is 0 Å². The number of carbonyl (C=O) groups excluding carboxylic acids is 1. The first-order valence-electron chi connectivity index (χ1n) is 4.03. The fourth-order valence-electron chi connectivity index (χ4n) is 1.22. The molecule has 0 aliphatic heterocycles. The van der Waals surface area contributed by atoms with Crippen LogP contribution in [-0.4, -0.2) is 13.9 Å². The number of anilines is 1. The van der Waals surface area contributed by atoms with Crippen molar-refractivity contribution < 1.29 is 4.79 Å². The second-order valence-electron chi connectivity index (χ2n) is 2.80. The smallest absolute Gasteiger partial charge is 0.284 e. The van der Waals surface area contributed by atoms with Crippen LogP contribution in [0.2, 0.25) is 5.15 Å². The van der Waals surface area contributed by atoms with Crippen LogP contribution in [0.15, 0.2) is 24.5 Å². The summed E-state index contributed by atoms with van der Waals surface area (Å²) in [5.41, 5.74) is 1.43. The van der Waals surface area contributed by atoms with E-state index in [9.17, 15) is 4.79 Å². The van der Waals surface area contributed by atoms with E-state index in [4.69, 9.17) is 11.6 Å². The van der Waals surface area contributed by atoms with Crippen LogP contribution in [0.25, 0.3) is 10.9 Å². The summed E-state index contributed by atoms with van der Waals surface area (Å²) >= 11 is 7.56. The molecule has 2 rings (SSSR count). The van der Waals surface area contributed by atoms with Crippen LogP contribution in [0.4, 0.5) is 10.5 Å². The van der Waals surface area contributed by atoms with Gasteiger partial charge in [0.2, 0.25) is 0 Å². The summed E-state index contributed by atoms with van der Waals surface area (Å²) in [6, 6.07) is 5.29. The minimum Gasteiger partial charge on any atom is -0.317 e. The molecule has 6 heteroatoms. The molecule has 0 saturated heterocycles. The Morgan fingerprint density at radius 2 is 2.20 bits per heavy atom. The van der Waals surface area contributed by atoms with Gasteiger partial charge in [-0.3, -0.25) is 4.79 Å². The van der Waals surface area contributed by atoms with E-state index in [-0.39, 0.29) is 3.91 Å². The normalized spacial score (nSPS) is 10.3. The Balaban J connectivity index is 2.54. The summed E-state index contributed by atoms with van der Waals surface area (Å²) in [4.78, 5) is 18.8. The van der Waals surface area contributed by atoms with Gasteiger partial charge in [0.15, 0.2) is 0 Å². The Hall–Kier alpha value is -0.950. The number of hydrogen-bond donors (Lipinski definition) is 1. The summed E-state index contributed by atoms with van der Waals surface area (Å²) in [6.07, 6.45) is 1.40. The summed E-state index contributed by atoms with van der Waals surface area (Å²) in [5.74, 6) is 0. The van der Waals surface area contributed by atoms with Crippen LogP contribution < -0.4 is 5.32 Å².